The van der Waals surface area contributed by atoms with E-state index in [1.54, 1.807) is 0 Å². The van der Waals surface area contributed by atoms with Gasteiger partial charge in [-0.15, -0.1) is 0 Å². The van der Waals surface area contributed by atoms with Crippen molar-refractivity contribution in [2.75, 3.05) is 0 Å². The van der Waals surface area contributed by atoms with Gasteiger partial charge in [-0.25, -0.2) is 0 Å². The molecule has 0 bridgehead atoms. The Bertz CT molecular complexity index is 3460. The summed E-state index contributed by atoms with van der Waals surface area (Å²) in [7, 11) is 0. The van der Waals surface area contributed by atoms with Crippen molar-refractivity contribution < 1.29 is 0 Å². The van der Waals surface area contributed by atoms with E-state index in [9.17, 15) is 0 Å². The van der Waals surface area contributed by atoms with Gasteiger partial charge in [0.05, 0.1) is 0 Å². The van der Waals surface area contributed by atoms with Crippen LogP contribution in [-0.4, -0.2) is 0 Å². The fourth-order valence-corrected chi connectivity index (χ4v) is 9.98. The van der Waals surface area contributed by atoms with Gasteiger partial charge in [0.25, 0.3) is 0 Å². The molecule has 12 aromatic carbocycles. The minimum Gasteiger partial charge on any atom is -0.0616 e. The van der Waals surface area contributed by atoms with E-state index in [0.29, 0.717) is 0 Å². The molecule has 0 amide bonds. The van der Waals surface area contributed by atoms with Crippen LogP contribution < -0.4 is 0 Å². The van der Waals surface area contributed by atoms with Crippen molar-refractivity contribution in [2.45, 2.75) is 0 Å². The van der Waals surface area contributed by atoms with Crippen LogP contribution in [0.2, 0.25) is 0 Å². The topological polar surface area (TPSA) is 0 Å². The number of hydrogen-bond acceptors (Lipinski definition) is 0. The van der Waals surface area contributed by atoms with Crippen molar-refractivity contribution in [2.24, 2.45) is 0 Å². The van der Waals surface area contributed by atoms with E-state index >= 15 is 0 Å². The Balaban J connectivity index is 1.22. The molecular formula is C50H26. The predicted octanol–water partition coefficient (Wildman–Crippen LogP) is 14.3. The van der Waals surface area contributed by atoms with Crippen molar-refractivity contribution in [3.05, 3.63) is 158 Å². The zero-order valence-electron chi connectivity index (χ0n) is 27.0. The highest BCUT2D eigenvalue weighted by Crippen LogP contribution is 2.51. The van der Waals surface area contributed by atoms with Gasteiger partial charge in [0.1, 0.15) is 0 Å². The first-order valence-electron chi connectivity index (χ1n) is 17.6. The van der Waals surface area contributed by atoms with Gasteiger partial charge in [-0.05, 0) is 161 Å². The molecular weight excluding hydrogens is 601 g/mol. The van der Waals surface area contributed by atoms with Crippen molar-refractivity contribution in [3.8, 4) is 33.4 Å². The Kier molecular flexibility index (Phi) is 4.46. The molecule has 0 N–H and O–H groups in total. The minimum absolute atomic E-state index is 1.26. The van der Waals surface area contributed by atoms with E-state index in [4.69, 9.17) is 0 Å². The number of fused-ring (bicyclic) bond motifs is 13. The van der Waals surface area contributed by atoms with Crippen LogP contribution in [0.4, 0.5) is 0 Å². The lowest BCUT2D eigenvalue weighted by atomic mass is 9.88. The first kappa shape index (κ1) is 25.5. The molecule has 13 rings (SSSR count). The van der Waals surface area contributed by atoms with E-state index in [1.807, 2.05) is 0 Å². The molecule has 0 atom stereocenters. The molecule has 0 fully saturated rings. The molecule has 0 saturated carbocycles. The smallest absolute Gasteiger partial charge is 0.00199 e. The Labute approximate surface area is 287 Å². The summed E-state index contributed by atoms with van der Waals surface area (Å²) in [5, 5.41) is 24.1. The summed E-state index contributed by atoms with van der Waals surface area (Å²) in [5.74, 6) is 0. The average molecular weight is 627 g/mol. The maximum Gasteiger partial charge on any atom is -0.00199 e. The molecule has 0 saturated heterocycles. The Morgan fingerprint density at radius 1 is 0.200 bits per heavy atom. The fourth-order valence-electron chi connectivity index (χ4n) is 9.98. The fraction of sp³-hybridized carbons (Fsp3) is 0. The second-order valence-electron chi connectivity index (χ2n) is 14.3. The Morgan fingerprint density at radius 3 is 1.42 bits per heavy atom. The van der Waals surface area contributed by atoms with Gasteiger partial charge >= 0.3 is 0 Å². The molecule has 12 aromatic rings. The van der Waals surface area contributed by atoms with Crippen molar-refractivity contribution in [1.29, 1.82) is 0 Å². The molecule has 0 nitrogen and oxygen atoms in total. The summed E-state index contributed by atoms with van der Waals surface area (Å²) in [6.07, 6.45) is 0. The van der Waals surface area contributed by atoms with Crippen LogP contribution in [0, 0.1) is 0 Å². The molecule has 226 valence electrons. The van der Waals surface area contributed by atoms with Crippen molar-refractivity contribution in [3.63, 3.8) is 0 Å². The van der Waals surface area contributed by atoms with E-state index in [2.05, 4.69) is 158 Å². The summed E-state index contributed by atoms with van der Waals surface area (Å²) in [6, 6.07) is 60.0. The lowest BCUT2D eigenvalue weighted by molar-refractivity contribution is 1.67. The maximum atomic E-state index is 2.51. The van der Waals surface area contributed by atoms with Crippen LogP contribution in [0.1, 0.15) is 0 Å². The van der Waals surface area contributed by atoms with E-state index in [1.165, 1.54) is 130 Å². The monoisotopic (exact) mass is 626 g/mol. The van der Waals surface area contributed by atoms with Crippen molar-refractivity contribution in [1.82, 2.24) is 0 Å². The molecule has 0 spiro atoms. The first-order valence-corrected chi connectivity index (χ1v) is 17.6. The van der Waals surface area contributed by atoms with Gasteiger partial charge in [-0.1, -0.05) is 127 Å². The summed E-state index contributed by atoms with van der Waals surface area (Å²) < 4.78 is 0. The van der Waals surface area contributed by atoms with Gasteiger partial charge in [0.2, 0.25) is 0 Å². The first-order chi connectivity index (χ1) is 24.8. The zero-order valence-corrected chi connectivity index (χ0v) is 27.0. The molecule has 50 heavy (non-hydrogen) atoms. The third-order valence-corrected chi connectivity index (χ3v) is 12.0. The van der Waals surface area contributed by atoms with Gasteiger partial charge < -0.3 is 0 Å². The van der Waals surface area contributed by atoms with E-state index in [-0.39, 0.29) is 0 Å². The molecule has 0 aliphatic heterocycles. The SMILES string of the molecule is c1cc2c3c(cccc3c1)-c1cc(-c3cc4c(cc5c6ccccc6c6cccc4c65)c4cc5c(cc34)c3cccc4cccc5c43)ccc1-2. The van der Waals surface area contributed by atoms with Crippen LogP contribution >= 0.6 is 0 Å². The van der Waals surface area contributed by atoms with Gasteiger partial charge in [0.15, 0.2) is 0 Å². The van der Waals surface area contributed by atoms with Crippen LogP contribution in [0.15, 0.2) is 158 Å². The zero-order chi connectivity index (χ0) is 32.2. The number of benzene rings is 10. The highest BCUT2D eigenvalue weighted by molar-refractivity contribution is 6.39. The highest BCUT2D eigenvalue weighted by atomic mass is 14.3. The van der Waals surface area contributed by atoms with Gasteiger partial charge in [-0.3, -0.25) is 0 Å². The molecule has 0 heteroatoms. The minimum atomic E-state index is 1.26. The van der Waals surface area contributed by atoms with Crippen LogP contribution in [0.3, 0.4) is 0 Å². The Morgan fingerprint density at radius 2 is 0.680 bits per heavy atom. The third kappa shape index (κ3) is 2.97. The number of rotatable bonds is 1. The van der Waals surface area contributed by atoms with E-state index in [0.717, 1.165) is 0 Å². The largest absolute Gasteiger partial charge is 0.0616 e. The van der Waals surface area contributed by atoms with Gasteiger partial charge in [0, 0.05) is 0 Å². The van der Waals surface area contributed by atoms with Crippen molar-refractivity contribution >= 4 is 97.0 Å². The summed E-state index contributed by atoms with van der Waals surface area (Å²) in [5.41, 5.74) is 7.90. The lowest BCUT2D eigenvalue weighted by Gasteiger charge is -2.15. The standard InChI is InChI=1S/C50H26/c1-2-13-31-30(12-1)34-18-7-19-38-41-23-39(29-20-21-32-33-14-3-8-27-9-4-15-35(48(27)33)40(32)22-29)44-24-42-36-16-5-10-28-11-6-17-37(49(28)36)43(42)25-45(44)46(41)26-47(31)50(34)38/h1-26H. The normalized spacial score (nSPS) is 12.8. The second kappa shape index (κ2) is 8.74. The van der Waals surface area contributed by atoms with E-state index < -0.39 is 0 Å². The van der Waals surface area contributed by atoms with Gasteiger partial charge in [-0.2, -0.15) is 0 Å². The Hall–Kier alpha value is -6.50. The van der Waals surface area contributed by atoms with Crippen LogP contribution in [-0.2, 0) is 0 Å². The quantitative estimate of drug-likeness (QED) is 0.159. The summed E-state index contributed by atoms with van der Waals surface area (Å²) >= 11 is 0. The molecule has 0 radical (unpaired) electrons. The summed E-state index contributed by atoms with van der Waals surface area (Å²) in [4.78, 5) is 0. The number of hydrogen-bond donors (Lipinski definition) is 0. The second-order valence-corrected chi connectivity index (χ2v) is 14.3. The van der Waals surface area contributed by atoms with Crippen LogP contribution in [0.25, 0.3) is 130 Å². The molecule has 0 aromatic heterocycles. The molecule has 1 aliphatic carbocycles. The molecule has 0 heterocycles. The molecule has 0 unspecified atom stereocenters. The molecule has 1 aliphatic rings. The highest BCUT2D eigenvalue weighted by Gasteiger charge is 2.24. The lowest BCUT2D eigenvalue weighted by Crippen LogP contribution is -1.88. The predicted molar refractivity (Wildman–Crippen MR) is 216 cm³/mol. The average Bonchev–Trinajstić information content (AvgIpc) is 3.79. The maximum absolute atomic E-state index is 2.51. The third-order valence-electron chi connectivity index (χ3n) is 12.0. The summed E-state index contributed by atoms with van der Waals surface area (Å²) in [6.45, 7) is 0. The van der Waals surface area contributed by atoms with Crippen LogP contribution in [0.5, 0.6) is 0 Å².